The van der Waals surface area contributed by atoms with Gasteiger partial charge in [0.25, 0.3) is 5.91 Å². The molecule has 3 rings (SSSR count). The van der Waals surface area contributed by atoms with Crippen LogP contribution in [0.2, 0.25) is 5.02 Å². The van der Waals surface area contributed by atoms with E-state index in [0.717, 1.165) is 28.8 Å². The first-order valence-corrected chi connectivity index (χ1v) is 9.24. The zero-order valence-electron chi connectivity index (χ0n) is 14.1. The average molecular weight is 446 g/mol. The van der Waals surface area contributed by atoms with Crippen LogP contribution in [0.4, 0.5) is 18.9 Å². The van der Waals surface area contributed by atoms with Gasteiger partial charge in [0.15, 0.2) is 15.8 Å². The Bertz CT molecular complexity index is 1010. The Morgan fingerprint density at radius 1 is 1.25 bits per heavy atom. The minimum absolute atomic E-state index is 0.0223. The van der Waals surface area contributed by atoms with Crippen LogP contribution in [0.1, 0.15) is 11.1 Å². The van der Waals surface area contributed by atoms with Crippen LogP contribution in [0.3, 0.4) is 0 Å². The Hall–Kier alpha value is -2.23. The van der Waals surface area contributed by atoms with Crippen LogP contribution in [-0.2, 0) is 11.0 Å². The van der Waals surface area contributed by atoms with Gasteiger partial charge in [0.05, 0.1) is 28.3 Å². The molecule has 10 heteroatoms. The van der Waals surface area contributed by atoms with Gasteiger partial charge in [-0.05, 0) is 42.0 Å². The maximum atomic E-state index is 13.1. The van der Waals surface area contributed by atoms with Crippen molar-refractivity contribution in [1.82, 2.24) is 0 Å². The minimum Gasteiger partial charge on any atom is -0.504 e. The smallest absolute Gasteiger partial charge is 0.417 e. The molecular weight excluding hydrogens is 435 g/mol. The van der Waals surface area contributed by atoms with Crippen LogP contribution in [0.5, 0.6) is 11.5 Å². The Labute approximate surface area is 172 Å². The number of methoxy groups -OCH3 is 1. The fraction of sp³-hybridized carbons (Fsp3) is 0.111. The zero-order valence-corrected chi connectivity index (χ0v) is 16.5. The molecule has 4 nitrogen and oxygen atoms in total. The summed E-state index contributed by atoms with van der Waals surface area (Å²) >= 11 is 11.8. The summed E-state index contributed by atoms with van der Waals surface area (Å²) < 4.78 is 44.4. The van der Waals surface area contributed by atoms with Gasteiger partial charge in [-0.15, -0.1) is 0 Å². The van der Waals surface area contributed by atoms with Crippen LogP contribution in [0.25, 0.3) is 6.08 Å². The van der Waals surface area contributed by atoms with Gasteiger partial charge in [-0.25, -0.2) is 0 Å². The van der Waals surface area contributed by atoms with Gasteiger partial charge in [-0.2, -0.15) is 13.2 Å². The number of thioether (sulfide) groups is 1. The number of hydrogen-bond donors (Lipinski definition) is 1. The Morgan fingerprint density at radius 3 is 2.61 bits per heavy atom. The molecule has 2 aromatic carbocycles. The highest BCUT2D eigenvalue weighted by atomic mass is 35.5. The largest absolute Gasteiger partial charge is 0.504 e. The number of hydrogen-bond acceptors (Lipinski definition) is 5. The zero-order chi connectivity index (χ0) is 20.6. The van der Waals surface area contributed by atoms with Crippen molar-refractivity contribution < 1.29 is 27.8 Å². The molecule has 0 atom stereocenters. The summed E-state index contributed by atoms with van der Waals surface area (Å²) in [6.07, 6.45) is -3.15. The Kier molecular flexibility index (Phi) is 5.60. The van der Waals surface area contributed by atoms with E-state index in [4.69, 9.17) is 28.6 Å². The monoisotopic (exact) mass is 445 g/mol. The fourth-order valence-electron chi connectivity index (χ4n) is 2.50. The van der Waals surface area contributed by atoms with E-state index in [2.05, 4.69) is 0 Å². The molecule has 1 N–H and O–H groups in total. The second kappa shape index (κ2) is 7.65. The molecule has 0 saturated carbocycles. The van der Waals surface area contributed by atoms with Crippen molar-refractivity contribution in [2.45, 2.75) is 6.18 Å². The Balaban J connectivity index is 1.97. The third kappa shape index (κ3) is 3.96. The average Bonchev–Trinajstić information content (AvgIpc) is 2.90. The van der Waals surface area contributed by atoms with Gasteiger partial charge < -0.3 is 9.84 Å². The van der Waals surface area contributed by atoms with Gasteiger partial charge in [-0.1, -0.05) is 41.6 Å². The second-order valence-electron chi connectivity index (χ2n) is 5.61. The highest BCUT2D eigenvalue weighted by Crippen LogP contribution is 2.41. The van der Waals surface area contributed by atoms with Gasteiger partial charge in [-0.3, -0.25) is 9.69 Å². The fourth-order valence-corrected chi connectivity index (χ4v) is 4.02. The molecule has 28 heavy (non-hydrogen) atoms. The number of benzene rings is 2. The van der Waals surface area contributed by atoms with Crippen LogP contribution in [-0.4, -0.2) is 22.4 Å². The molecule has 0 radical (unpaired) electrons. The molecule has 1 heterocycles. The van der Waals surface area contributed by atoms with E-state index in [1.54, 1.807) is 6.07 Å². The van der Waals surface area contributed by atoms with Crippen molar-refractivity contribution in [3.05, 3.63) is 57.5 Å². The number of ether oxygens (including phenoxy) is 1. The topological polar surface area (TPSA) is 49.8 Å². The van der Waals surface area contributed by atoms with Crippen LogP contribution < -0.4 is 9.64 Å². The SMILES string of the molecule is COc1cc(/C=C2/SC(=S)N(c3ccc(Cl)c(C(F)(F)F)c3)C2=O)ccc1O. The lowest BCUT2D eigenvalue weighted by atomic mass is 10.1. The van der Waals surface area contributed by atoms with Gasteiger partial charge in [0, 0.05) is 0 Å². The molecule has 2 aromatic rings. The maximum Gasteiger partial charge on any atom is 0.417 e. The summed E-state index contributed by atoms with van der Waals surface area (Å²) in [6.45, 7) is 0. The highest BCUT2D eigenvalue weighted by Gasteiger charge is 2.37. The number of alkyl halides is 3. The molecule has 0 bridgehead atoms. The first-order valence-electron chi connectivity index (χ1n) is 7.63. The summed E-state index contributed by atoms with van der Waals surface area (Å²) in [5.74, 6) is -0.401. The van der Waals surface area contributed by atoms with Crippen LogP contribution in [0.15, 0.2) is 41.3 Å². The molecule has 0 aromatic heterocycles. The molecule has 1 amide bonds. The maximum absolute atomic E-state index is 13.1. The van der Waals surface area contributed by atoms with Crippen molar-refractivity contribution in [2.24, 2.45) is 0 Å². The van der Waals surface area contributed by atoms with Gasteiger partial charge in [0.1, 0.15) is 0 Å². The standard InChI is InChI=1S/C18H11ClF3NO3S2/c1-26-14-6-9(2-5-13(14)24)7-15-16(25)23(17(27)28-15)10-3-4-12(19)11(8-10)18(20,21)22/h2-8,24H,1H3/b15-7+. The van der Waals surface area contributed by atoms with Crippen molar-refractivity contribution in [3.8, 4) is 11.5 Å². The van der Waals surface area contributed by atoms with Gasteiger partial charge in [0.2, 0.25) is 0 Å². The number of aromatic hydroxyl groups is 1. The van der Waals surface area contributed by atoms with E-state index in [1.807, 2.05) is 0 Å². The third-order valence-corrected chi connectivity index (χ3v) is 5.44. The molecule has 1 saturated heterocycles. The molecule has 1 aliphatic rings. The number of carbonyl (C=O) groups excluding carboxylic acids is 1. The van der Waals surface area contributed by atoms with Crippen molar-refractivity contribution in [2.75, 3.05) is 12.0 Å². The number of halogens is 4. The third-order valence-electron chi connectivity index (χ3n) is 3.81. The van der Waals surface area contributed by atoms with Crippen LogP contribution >= 0.6 is 35.6 Å². The predicted octanol–water partition coefficient (Wildman–Crippen LogP) is 5.48. The lowest BCUT2D eigenvalue weighted by molar-refractivity contribution is -0.137. The molecule has 0 unspecified atom stereocenters. The molecule has 1 fully saturated rings. The normalized spacial score (nSPS) is 16.2. The van der Waals surface area contributed by atoms with Crippen molar-refractivity contribution in [3.63, 3.8) is 0 Å². The lowest BCUT2D eigenvalue weighted by Gasteiger charge is -2.17. The van der Waals surface area contributed by atoms with Crippen molar-refractivity contribution >= 4 is 57.6 Å². The summed E-state index contributed by atoms with van der Waals surface area (Å²) in [7, 11) is 1.39. The Morgan fingerprint density at radius 2 is 1.96 bits per heavy atom. The summed E-state index contributed by atoms with van der Waals surface area (Å²) in [5, 5.41) is 9.18. The van der Waals surface area contributed by atoms with E-state index in [9.17, 15) is 23.1 Å². The van der Waals surface area contributed by atoms with E-state index in [1.165, 1.54) is 31.4 Å². The molecule has 0 spiro atoms. The first-order chi connectivity index (χ1) is 13.1. The number of carbonyl (C=O) groups is 1. The van der Waals surface area contributed by atoms with E-state index < -0.39 is 22.7 Å². The molecular formula is C18H11ClF3NO3S2. The quantitative estimate of drug-likeness (QED) is 0.501. The predicted molar refractivity (Wildman–Crippen MR) is 107 cm³/mol. The summed E-state index contributed by atoms with van der Waals surface area (Å²) in [4.78, 5) is 14.0. The summed E-state index contributed by atoms with van der Waals surface area (Å²) in [6, 6.07) is 7.65. The highest BCUT2D eigenvalue weighted by molar-refractivity contribution is 8.27. The summed E-state index contributed by atoms with van der Waals surface area (Å²) in [5.41, 5.74) is -0.513. The number of phenolic OH excluding ortho intramolecular Hbond substituents is 1. The number of anilines is 1. The number of phenols is 1. The molecule has 146 valence electrons. The number of rotatable bonds is 3. The number of amides is 1. The first kappa shape index (κ1) is 20.5. The van der Waals surface area contributed by atoms with E-state index in [0.29, 0.717) is 5.56 Å². The molecule has 1 aliphatic heterocycles. The van der Waals surface area contributed by atoms with E-state index >= 15 is 0 Å². The second-order valence-corrected chi connectivity index (χ2v) is 7.69. The minimum atomic E-state index is -4.66. The van der Waals surface area contributed by atoms with Crippen molar-refractivity contribution in [1.29, 1.82) is 0 Å². The van der Waals surface area contributed by atoms with E-state index in [-0.39, 0.29) is 26.4 Å². The number of nitrogens with zero attached hydrogens (tertiary/aromatic N) is 1. The number of thiocarbonyl (C=S) groups is 1. The van der Waals surface area contributed by atoms with Crippen LogP contribution in [0, 0.1) is 0 Å². The molecule has 0 aliphatic carbocycles. The lowest BCUT2D eigenvalue weighted by Crippen LogP contribution is -2.27. The van der Waals surface area contributed by atoms with Gasteiger partial charge >= 0.3 is 6.18 Å².